The number of β-lactam (4-membered cyclic amide) rings is 1. The molecule has 0 radical (unpaired) electrons. The summed E-state index contributed by atoms with van der Waals surface area (Å²) in [6, 6.07) is 7.45. The number of aromatic nitrogens is 2. The summed E-state index contributed by atoms with van der Waals surface area (Å²) in [6.45, 7) is 3.16. The summed E-state index contributed by atoms with van der Waals surface area (Å²) in [5.74, 6) is -1.38. The number of hydrogen-bond acceptors (Lipinski definition) is 4. The zero-order chi connectivity index (χ0) is 20.1. The van der Waals surface area contributed by atoms with E-state index in [1.165, 1.54) is 17.0 Å². The molecule has 2 saturated heterocycles. The summed E-state index contributed by atoms with van der Waals surface area (Å²) in [7, 11) is 2.03. The molecule has 1 N–H and O–H groups in total. The Morgan fingerprint density at radius 2 is 1.76 bits per heavy atom. The van der Waals surface area contributed by atoms with Crippen molar-refractivity contribution in [3.8, 4) is 0 Å². The minimum Gasteiger partial charge on any atom is -0.369 e. The van der Waals surface area contributed by atoms with Crippen molar-refractivity contribution < 1.29 is 13.6 Å². The van der Waals surface area contributed by atoms with Crippen LogP contribution in [0.1, 0.15) is 18.0 Å². The SMILES string of the molecule is CN1CCN(c2cc(F)c(C3CC(=O)N3c3ccc4[nH]cnc4c3)c(F)c2)CC1. The number of nitrogens with one attached hydrogen (secondary N) is 1. The van der Waals surface area contributed by atoms with Crippen LogP contribution in [-0.4, -0.2) is 54.0 Å². The molecule has 1 amide bonds. The Balaban J connectivity index is 1.46. The molecule has 1 unspecified atom stereocenters. The van der Waals surface area contributed by atoms with Crippen LogP contribution in [0.3, 0.4) is 0 Å². The van der Waals surface area contributed by atoms with Crippen LogP contribution in [0.25, 0.3) is 11.0 Å². The molecule has 0 spiro atoms. The maximum atomic E-state index is 15.0. The first-order valence-corrected chi connectivity index (χ1v) is 9.69. The fraction of sp³-hybridized carbons (Fsp3) is 0.333. The Hall–Kier alpha value is -3.00. The lowest BCUT2D eigenvalue weighted by atomic mass is 9.91. The molecule has 2 aliphatic heterocycles. The Labute approximate surface area is 166 Å². The second-order valence-electron chi connectivity index (χ2n) is 7.70. The van der Waals surface area contributed by atoms with Crippen molar-refractivity contribution in [1.29, 1.82) is 0 Å². The van der Waals surface area contributed by atoms with Crippen molar-refractivity contribution >= 4 is 28.3 Å². The van der Waals surface area contributed by atoms with E-state index in [0.717, 1.165) is 31.7 Å². The first-order valence-electron chi connectivity index (χ1n) is 9.69. The Kier molecular flexibility index (Phi) is 4.24. The van der Waals surface area contributed by atoms with Gasteiger partial charge in [-0.25, -0.2) is 13.8 Å². The molecule has 0 saturated carbocycles. The first-order chi connectivity index (χ1) is 14.0. The van der Waals surface area contributed by atoms with Crippen molar-refractivity contribution in [2.24, 2.45) is 0 Å². The first kappa shape index (κ1) is 18.1. The Morgan fingerprint density at radius 1 is 1.03 bits per heavy atom. The van der Waals surface area contributed by atoms with Gasteiger partial charge in [-0.15, -0.1) is 0 Å². The number of piperazine rings is 1. The topological polar surface area (TPSA) is 55.5 Å². The smallest absolute Gasteiger partial charge is 0.230 e. The Morgan fingerprint density at radius 3 is 2.45 bits per heavy atom. The average molecular weight is 397 g/mol. The third-order valence-corrected chi connectivity index (χ3v) is 5.90. The molecule has 8 heteroatoms. The number of likely N-dealkylation sites (N-methyl/N-ethyl adjacent to an activating group) is 1. The lowest BCUT2D eigenvalue weighted by Crippen LogP contribution is -2.47. The van der Waals surface area contributed by atoms with E-state index in [2.05, 4.69) is 14.9 Å². The van der Waals surface area contributed by atoms with Gasteiger partial charge in [0.25, 0.3) is 0 Å². The standard InChI is InChI=1S/C21H21F2N5O/c1-26-4-6-27(7-5-26)14-8-15(22)21(16(23)9-14)19-11-20(29)28(19)13-2-3-17-18(10-13)25-12-24-17/h2-3,8-10,12,19H,4-7,11H2,1H3,(H,24,25). The van der Waals surface area contributed by atoms with Crippen LogP contribution in [0, 0.1) is 11.6 Å². The number of rotatable bonds is 3. The summed E-state index contributed by atoms with van der Waals surface area (Å²) in [4.78, 5) is 25.1. The fourth-order valence-electron chi connectivity index (χ4n) is 4.18. The van der Waals surface area contributed by atoms with Crippen LogP contribution in [0.2, 0.25) is 0 Å². The van der Waals surface area contributed by atoms with Crippen LogP contribution in [-0.2, 0) is 4.79 Å². The summed E-state index contributed by atoms with van der Waals surface area (Å²) < 4.78 is 30.0. The van der Waals surface area contributed by atoms with Gasteiger partial charge >= 0.3 is 0 Å². The van der Waals surface area contributed by atoms with E-state index in [1.807, 2.05) is 18.0 Å². The number of benzene rings is 2. The molecule has 2 aromatic carbocycles. The van der Waals surface area contributed by atoms with E-state index in [9.17, 15) is 4.79 Å². The summed E-state index contributed by atoms with van der Waals surface area (Å²) >= 11 is 0. The maximum absolute atomic E-state index is 15.0. The van der Waals surface area contributed by atoms with Crippen molar-refractivity contribution in [2.75, 3.05) is 43.0 Å². The number of halogens is 2. The highest BCUT2D eigenvalue weighted by molar-refractivity contribution is 6.02. The minimum absolute atomic E-state index is 0.0513. The van der Waals surface area contributed by atoms with Gasteiger partial charge in [0.05, 0.1) is 29.8 Å². The monoisotopic (exact) mass is 397 g/mol. The quantitative estimate of drug-likeness (QED) is 0.691. The molecular formula is C21H21F2N5O. The van der Waals surface area contributed by atoms with E-state index >= 15 is 8.78 Å². The highest BCUT2D eigenvalue weighted by Crippen LogP contribution is 2.42. The number of imidazole rings is 1. The number of carbonyl (C=O) groups excluding carboxylic acids is 1. The van der Waals surface area contributed by atoms with E-state index in [0.29, 0.717) is 16.9 Å². The third-order valence-electron chi connectivity index (χ3n) is 5.90. The Bertz CT molecular complexity index is 1070. The van der Waals surface area contributed by atoms with E-state index in [4.69, 9.17) is 0 Å². The molecule has 6 nitrogen and oxygen atoms in total. The number of aromatic amines is 1. The zero-order valence-corrected chi connectivity index (χ0v) is 16.0. The molecule has 3 aromatic rings. The van der Waals surface area contributed by atoms with Crippen molar-refractivity contribution in [3.05, 3.63) is 53.9 Å². The number of anilines is 2. The summed E-state index contributed by atoms with van der Waals surface area (Å²) in [5, 5.41) is 0. The fourth-order valence-corrected chi connectivity index (χ4v) is 4.18. The van der Waals surface area contributed by atoms with Crippen LogP contribution in [0.15, 0.2) is 36.7 Å². The molecule has 5 rings (SSSR count). The van der Waals surface area contributed by atoms with E-state index in [1.54, 1.807) is 18.5 Å². The third kappa shape index (κ3) is 3.04. The number of hydrogen-bond donors (Lipinski definition) is 1. The predicted molar refractivity (Wildman–Crippen MR) is 107 cm³/mol. The minimum atomic E-state index is -0.652. The number of carbonyl (C=O) groups is 1. The van der Waals surface area contributed by atoms with Gasteiger partial charge in [0.1, 0.15) is 11.6 Å². The van der Waals surface area contributed by atoms with Crippen molar-refractivity contribution in [2.45, 2.75) is 12.5 Å². The van der Waals surface area contributed by atoms with Crippen LogP contribution in [0.5, 0.6) is 0 Å². The molecule has 3 heterocycles. The molecule has 0 aliphatic carbocycles. The lowest BCUT2D eigenvalue weighted by molar-refractivity contribution is -0.124. The van der Waals surface area contributed by atoms with Gasteiger partial charge in [-0.2, -0.15) is 0 Å². The second-order valence-corrected chi connectivity index (χ2v) is 7.70. The highest BCUT2D eigenvalue weighted by Gasteiger charge is 2.41. The number of fused-ring (bicyclic) bond motifs is 1. The molecule has 2 fully saturated rings. The average Bonchev–Trinajstić information content (AvgIpc) is 3.15. The van der Waals surface area contributed by atoms with Gasteiger partial charge in [0, 0.05) is 43.1 Å². The number of H-pyrrole nitrogens is 1. The number of amides is 1. The van der Waals surface area contributed by atoms with Gasteiger partial charge in [-0.3, -0.25) is 4.79 Å². The summed E-state index contributed by atoms with van der Waals surface area (Å²) in [5.41, 5.74) is 2.63. The van der Waals surface area contributed by atoms with Gasteiger partial charge in [0.15, 0.2) is 0 Å². The van der Waals surface area contributed by atoms with Crippen molar-refractivity contribution in [1.82, 2.24) is 14.9 Å². The molecular weight excluding hydrogens is 376 g/mol. The van der Waals surface area contributed by atoms with Crippen LogP contribution < -0.4 is 9.80 Å². The predicted octanol–water partition coefficient (Wildman–Crippen LogP) is 3.07. The van der Waals surface area contributed by atoms with Gasteiger partial charge in [-0.1, -0.05) is 0 Å². The molecule has 2 aliphatic rings. The van der Waals surface area contributed by atoms with Crippen molar-refractivity contribution in [3.63, 3.8) is 0 Å². The van der Waals surface area contributed by atoms with Gasteiger partial charge < -0.3 is 19.7 Å². The van der Waals surface area contributed by atoms with E-state index in [-0.39, 0.29) is 17.9 Å². The highest BCUT2D eigenvalue weighted by atomic mass is 19.1. The van der Waals surface area contributed by atoms with Crippen LogP contribution >= 0.6 is 0 Å². The normalized spacial score (nSPS) is 20.4. The van der Waals surface area contributed by atoms with Crippen LogP contribution in [0.4, 0.5) is 20.2 Å². The molecule has 150 valence electrons. The lowest BCUT2D eigenvalue weighted by Gasteiger charge is -2.41. The van der Waals surface area contributed by atoms with Gasteiger partial charge in [-0.05, 0) is 37.4 Å². The largest absolute Gasteiger partial charge is 0.369 e. The molecule has 1 aromatic heterocycles. The molecule has 1 atom stereocenters. The number of nitrogens with zero attached hydrogens (tertiary/aromatic N) is 4. The van der Waals surface area contributed by atoms with E-state index < -0.39 is 17.7 Å². The zero-order valence-electron chi connectivity index (χ0n) is 16.0. The molecule has 0 bridgehead atoms. The second kappa shape index (κ2) is 6.81. The van der Waals surface area contributed by atoms with Gasteiger partial charge in [0.2, 0.25) is 5.91 Å². The maximum Gasteiger partial charge on any atom is 0.230 e. The summed E-state index contributed by atoms with van der Waals surface area (Å²) in [6.07, 6.45) is 1.65. The molecule has 29 heavy (non-hydrogen) atoms.